The van der Waals surface area contributed by atoms with Gasteiger partial charge in [-0.25, -0.2) is 0 Å². The maximum atomic E-state index is 8.20. The summed E-state index contributed by atoms with van der Waals surface area (Å²) in [7, 11) is 0. The molecule has 0 rings (SSSR count). The summed E-state index contributed by atoms with van der Waals surface area (Å²) in [4.78, 5) is 0. The van der Waals surface area contributed by atoms with E-state index in [9.17, 15) is 0 Å². The van der Waals surface area contributed by atoms with Crippen molar-refractivity contribution in [2.75, 3.05) is 0 Å². The van der Waals surface area contributed by atoms with Gasteiger partial charge in [-0.15, -0.1) is 0 Å². The molecule has 0 fully saturated rings. The lowest BCUT2D eigenvalue weighted by Gasteiger charge is -2.17. The Morgan fingerprint density at radius 2 is 2.25 bits per heavy atom. The molecule has 1 atom stereocenters. The van der Waals surface area contributed by atoms with Crippen LogP contribution >= 0.6 is 0 Å². The van der Waals surface area contributed by atoms with Gasteiger partial charge in [-0.2, -0.15) is 5.26 Å². The molecule has 0 aromatic rings. The summed E-state index contributed by atoms with van der Waals surface area (Å²) >= 11 is 0. The van der Waals surface area contributed by atoms with E-state index in [4.69, 9.17) is 11.0 Å². The van der Waals surface area contributed by atoms with Crippen molar-refractivity contribution in [1.82, 2.24) is 0 Å². The number of hydrogen-bond donors (Lipinski definition) is 1. The number of hydrogen-bond acceptors (Lipinski definition) is 2. The molecule has 0 aromatic carbocycles. The van der Waals surface area contributed by atoms with Gasteiger partial charge in [-0.3, -0.25) is 0 Å². The van der Waals surface area contributed by atoms with Crippen LogP contribution in [0.25, 0.3) is 0 Å². The Hall–Kier alpha value is -0.550. The van der Waals surface area contributed by atoms with Crippen molar-refractivity contribution in [3.05, 3.63) is 0 Å². The first-order valence-electron chi connectivity index (χ1n) is 2.78. The van der Waals surface area contributed by atoms with Crippen LogP contribution in [0.15, 0.2) is 0 Å². The number of nitrogens with zero attached hydrogens (tertiary/aromatic N) is 1. The summed E-state index contributed by atoms with van der Waals surface area (Å²) < 4.78 is 0. The molecule has 0 spiro atoms. The lowest BCUT2D eigenvalue weighted by Crippen LogP contribution is -2.34. The van der Waals surface area contributed by atoms with E-state index in [0.717, 1.165) is 6.42 Å². The molecule has 2 nitrogen and oxygen atoms in total. The first kappa shape index (κ1) is 7.45. The number of rotatable bonds is 2. The summed E-state index contributed by atoms with van der Waals surface area (Å²) in [6, 6.07) is 2.03. The van der Waals surface area contributed by atoms with Gasteiger partial charge in [-0.1, -0.05) is 6.92 Å². The Kier molecular flexibility index (Phi) is 2.50. The standard InChI is InChI=1S/C6H12N2/c1-3-6(2,8)4-5-7/h3-4,8H2,1-2H3/t6-/m1/s1. The van der Waals surface area contributed by atoms with Gasteiger partial charge in [0.15, 0.2) is 0 Å². The highest BCUT2D eigenvalue weighted by atomic mass is 14.7. The second-order valence-electron chi connectivity index (χ2n) is 2.34. The first-order valence-corrected chi connectivity index (χ1v) is 2.78. The predicted molar refractivity (Wildman–Crippen MR) is 33.1 cm³/mol. The summed E-state index contributed by atoms with van der Waals surface area (Å²) in [6.45, 7) is 3.87. The average Bonchev–Trinajstić information content (AvgIpc) is 1.67. The molecule has 0 bridgehead atoms. The van der Waals surface area contributed by atoms with Crippen molar-refractivity contribution in [2.24, 2.45) is 5.73 Å². The zero-order chi connectivity index (χ0) is 6.62. The van der Waals surface area contributed by atoms with Crippen molar-refractivity contribution >= 4 is 0 Å². The largest absolute Gasteiger partial charge is 0.324 e. The van der Waals surface area contributed by atoms with Crippen molar-refractivity contribution in [1.29, 1.82) is 5.26 Å². The Morgan fingerprint density at radius 1 is 1.75 bits per heavy atom. The quantitative estimate of drug-likeness (QED) is 0.580. The second kappa shape index (κ2) is 2.68. The topological polar surface area (TPSA) is 49.8 Å². The van der Waals surface area contributed by atoms with Gasteiger partial charge >= 0.3 is 0 Å². The van der Waals surface area contributed by atoms with Crippen LogP contribution in [0.2, 0.25) is 0 Å². The van der Waals surface area contributed by atoms with Gasteiger partial charge in [0.1, 0.15) is 0 Å². The Labute approximate surface area is 50.3 Å². The Bertz CT molecular complexity index is 99.6. The molecule has 0 radical (unpaired) electrons. The van der Waals surface area contributed by atoms with Crippen LogP contribution in [0.1, 0.15) is 26.7 Å². The van der Waals surface area contributed by atoms with Crippen molar-refractivity contribution < 1.29 is 0 Å². The molecule has 0 saturated carbocycles. The van der Waals surface area contributed by atoms with Gasteiger partial charge in [0.05, 0.1) is 12.5 Å². The molecule has 46 valence electrons. The molecular weight excluding hydrogens is 100 g/mol. The van der Waals surface area contributed by atoms with Gasteiger partial charge in [0.2, 0.25) is 0 Å². The summed E-state index contributed by atoms with van der Waals surface area (Å²) in [5.41, 5.74) is 5.33. The zero-order valence-corrected chi connectivity index (χ0v) is 5.44. The molecule has 8 heavy (non-hydrogen) atoms. The molecule has 0 unspecified atom stereocenters. The number of nitrogens with two attached hydrogens (primary N) is 1. The van der Waals surface area contributed by atoms with Crippen LogP contribution in [0.5, 0.6) is 0 Å². The van der Waals surface area contributed by atoms with Crippen LogP contribution < -0.4 is 5.73 Å². The van der Waals surface area contributed by atoms with Gasteiger partial charge in [0, 0.05) is 5.54 Å². The van der Waals surface area contributed by atoms with E-state index in [1.165, 1.54) is 0 Å². The summed E-state index contributed by atoms with van der Waals surface area (Å²) in [6.07, 6.45) is 1.31. The second-order valence-corrected chi connectivity index (χ2v) is 2.34. The van der Waals surface area contributed by atoms with Crippen LogP contribution in [-0.4, -0.2) is 5.54 Å². The fraction of sp³-hybridized carbons (Fsp3) is 0.833. The smallest absolute Gasteiger partial charge is 0.0640 e. The van der Waals surface area contributed by atoms with Crippen LogP contribution in [0, 0.1) is 11.3 Å². The van der Waals surface area contributed by atoms with Gasteiger partial charge in [0.25, 0.3) is 0 Å². The van der Waals surface area contributed by atoms with Crippen LogP contribution in [-0.2, 0) is 0 Å². The van der Waals surface area contributed by atoms with E-state index in [1.807, 2.05) is 19.9 Å². The highest BCUT2D eigenvalue weighted by molar-refractivity contribution is 4.87. The van der Waals surface area contributed by atoms with Crippen molar-refractivity contribution in [3.63, 3.8) is 0 Å². The third-order valence-corrected chi connectivity index (χ3v) is 1.29. The van der Waals surface area contributed by atoms with Crippen molar-refractivity contribution in [3.8, 4) is 6.07 Å². The minimum absolute atomic E-state index is 0.269. The van der Waals surface area contributed by atoms with E-state index in [2.05, 4.69) is 0 Å². The number of nitriles is 1. The fourth-order valence-electron chi connectivity index (χ4n) is 0.306. The third-order valence-electron chi connectivity index (χ3n) is 1.29. The lowest BCUT2D eigenvalue weighted by atomic mass is 9.97. The molecular formula is C6H12N2. The molecule has 0 aromatic heterocycles. The zero-order valence-electron chi connectivity index (χ0n) is 5.44. The first-order chi connectivity index (χ1) is 3.62. The third kappa shape index (κ3) is 2.59. The maximum absolute atomic E-state index is 8.20. The van der Waals surface area contributed by atoms with Gasteiger partial charge < -0.3 is 5.73 Å². The average molecular weight is 112 g/mol. The molecule has 2 N–H and O–H groups in total. The summed E-state index contributed by atoms with van der Waals surface area (Å²) in [5, 5.41) is 8.20. The van der Waals surface area contributed by atoms with E-state index in [0.29, 0.717) is 6.42 Å². The molecule has 0 saturated heterocycles. The Morgan fingerprint density at radius 3 is 2.38 bits per heavy atom. The molecule has 2 heteroatoms. The highest BCUT2D eigenvalue weighted by Gasteiger charge is 2.13. The lowest BCUT2D eigenvalue weighted by molar-refractivity contribution is 0.463. The van der Waals surface area contributed by atoms with Gasteiger partial charge in [-0.05, 0) is 13.3 Å². The molecule has 0 aliphatic carbocycles. The minimum Gasteiger partial charge on any atom is -0.324 e. The van der Waals surface area contributed by atoms with Crippen molar-refractivity contribution in [2.45, 2.75) is 32.2 Å². The molecule has 0 aliphatic rings. The fourth-order valence-corrected chi connectivity index (χ4v) is 0.306. The van der Waals surface area contributed by atoms with E-state index < -0.39 is 0 Å². The van der Waals surface area contributed by atoms with Crippen LogP contribution in [0.3, 0.4) is 0 Å². The molecule has 0 aliphatic heterocycles. The van der Waals surface area contributed by atoms with E-state index in [1.54, 1.807) is 0 Å². The summed E-state index contributed by atoms with van der Waals surface area (Å²) in [5.74, 6) is 0. The monoisotopic (exact) mass is 112 g/mol. The van der Waals surface area contributed by atoms with Crippen LogP contribution in [0.4, 0.5) is 0 Å². The molecule has 0 heterocycles. The van der Waals surface area contributed by atoms with E-state index >= 15 is 0 Å². The van der Waals surface area contributed by atoms with E-state index in [-0.39, 0.29) is 5.54 Å². The molecule has 0 amide bonds. The SMILES string of the molecule is CC[C@@](C)(N)CC#N. The minimum atomic E-state index is -0.269. The normalized spacial score (nSPS) is 16.8. The predicted octanol–water partition coefficient (Wildman–Crippen LogP) is 1.03. The highest BCUT2D eigenvalue weighted by Crippen LogP contribution is 2.07. The maximum Gasteiger partial charge on any atom is 0.0640 e. The Balaban J connectivity index is 3.58.